The molecule has 1 amide bonds. The fraction of sp³-hybridized carbons (Fsp3) is 0.455. The number of hydrogen-bond donors (Lipinski definition) is 1. The second-order valence-corrected chi connectivity index (χ2v) is 5.21. The number of halogens is 1. The van der Waals surface area contributed by atoms with Crippen molar-refractivity contribution in [1.29, 1.82) is 0 Å². The van der Waals surface area contributed by atoms with E-state index in [1.807, 2.05) is 0 Å². The van der Waals surface area contributed by atoms with E-state index >= 15 is 0 Å². The molecule has 0 spiro atoms. The minimum Gasteiger partial charge on any atom is -0.336 e. The SMILES string of the molecule is O=C(c1cccc(=O)[nH]1)N1CCCC(Br)C1. The summed E-state index contributed by atoms with van der Waals surface area (Å²) in [6.07, 6.45) is 2.09. The first-order chi connectivity index (χ1) is 7.66. The lowest BCUT2D eigenvalue weighted by Gasteiger charge is -2.29. The van der Waals surface area contributed by atoms with E-state index in [4.69, 9.17) is 0 Å². The maximum absolute atomic E-state index is 12.0. The third-order valence-electron chi connectivity index (χ3n) is 2.65. The van der Waals surface area contributed by atoms with Gasteiger partial charge in [-0.2, -0.15) is 0 Å². The molecule has 86 valence electrons. The van der Waals surface area contributed by atoms with Crippen molar-refractivity contribution >= 4 is 21.8 Å². The summed E-state index contributed by atoms with van der Waals surface area (Å²) in [5, 5.41) is 0. The van der Waals surface area contributed by atoms with Crippen LogP contribution in [-0.2, 0) is 0 Å². The van der Waals surface area contributed by atoms with Gasteiger partial charge >= 0.3 is 0 Å². The molecule has 1 saturated heterocycles. The normalized spacial score (nSPS) is 20.8. The molecule has 0 bridgehead atoms. The molecule has 1 aliphatic heterocycles. The van der Waals surface area contributed by atoms with E-state index in [1.165, 1.54) is 6.07 Å². The number of nitrogens with one attached hydrogen (secondary N) is 1. The molecule has 0 aliphatic carbocycles. The number of aromatic nitrogens is 1. The van der Waals surface area contributed by atoms with Crippen LogP contribution in [0.2, 0.25) is 0 Å². The number of carbonyl (C=O) groups excluding carboxylic acids is 1. The molecule has 0 aromatic carbocycles. The molecule has 4 nitrogen and oxygen atoms in total. The monoisotopic (exact) mass is 284 g/mol. The number of nitrogens with zero attached hydrogens (tertiary/aromatic N) is 1. The fourth-order valence-electron chi connectivity index (χ4n) is 1.85. The molecule has 1 N–H and O–H groups in total. The standard InChI is InChI=1S/C11H13BrN2O2/c12-8-3-2-6-14(7-8)11(16)9-4-1-5-10(15)13-9/h1,4-5,8H,2-3,6-7H2,(H,13,15). The zero-order valence-electron chi connectivity index (χ0n) is 8.78. The van der Waals surface area contributed by atoms with Crippen molar-refractivity contribution in [2.45, 2.75) is 17.7 Å². The maximum atomic E-state index is 12.0. The zero-order valence-corrected chi connectivity index (χ0v) is 10.4. The number of amides is 1. The first-order valence-corrected chi connectivity index (χ1v) is 6.21. The number of pyridine rings is 1. The summed E-state index contributed by atoms with van der Waals surface area (Å²) in [4.78, 5) is 27.8. The Kier molecular flexibility index (Phi) is 3.43. The van der Waals surface area contributed by atoms with E-state index in [1.54, 1.807) is 17.0 Å². The summed E-state index contributed by atoms with van der Waals surface area (Å²) >= 11 is 3.52. The Morgan fingerprint density at radius 1 is 1.50 bits per heavy atom. The number of aromatic amines is 1. The number of hydrogen-bond acceptors (Lipinski definition) is 2. The van der Waals surface area contributed by atoms with Gasteiger partial charge in [-0.1, -0.05) is 22.0 Å². The first kappa shape index (κ1) is 11.4. The van der Waals surface area contributed by atoms with Crippen LogP contribution in [0, 0.1) is 0 Å². The number of carbonyl (C=O) groups is 1. The third kappa shape index (κ3) is 2.52. The molecule has 1 atom stereocenters. The Balaban J connectivity index is 2.15. The maximum Gasteiger partial charge on any atom is 0.270 e. The molecule has 1 aliphatic rings. The molecule has 1 aromatic rings. The second kappa shape index (κ2) is 4.82. The molecule has 1 unspecified atom stereocenters. The van der Waals surface area contributed by atoms with Gasteiger partial charge in [0.2, 0.25) is 5.56 Å². The summed E-state index contributed by atoms with van der Waals surface area (Å²) < 4.78 is 0. The van der Waals surface area contributed by atoms with Crippen molar-refractivity contribution in [3.63, 3.8) is 0 Å². The Morgan fingerprint density at radius 2 is 2.31 bits per heavy atom. The lowest BCUT2D eigenvalue weighted by molar-refractivity contribution is 0.0723. The molecule has 2 heterocycles. The average molecular weight is 285 g/mol. The van der Waals surface area contributed by atoms with Gasteiger partial charge < -0.3 is 9.88 Å². The predicted octanol–water partition coefficient (Wildman–Crippen LogP) is 1.37. The van der Waals surface area contributed by atoms with Crippen molar-refractivity contribution in [3.05, 3.63) is 34.2 Å². The molecule has 0 radical (unpaired) electrons. The van der Waals surface area contributed by atoms with E-state index in [2.05, 4.69) is 20.9 Å². The van der Waals surface area contributed by atoms with Crippen molar-refractivity contribution in [1.82, 2.24) is 9.88 Å². The lowest BCUT2D eigenvalue weighted by Crippen LogP contribution is -2.40. The smallest absolute Gasteiger partial charge is 0.270 e. The molecule has 5 heteroatoms. The van der Waals surface area contributed by atoms with Gasteiger partial charge in [-0.25, -0.2) is 0 Å². The van der Waals surface area contributed by atoms with Crippen LogP contribution in [0.3, 0.4) is 0 Å². The number of rotatable bonds is 1. The van der Waals surface area contributed by atoms with E-state index in [0.29, 0.717) is 17.1 Å². The molecule has 2 rings (SSSR count). The van der Waals surface area contributed by atoms with Crippen LogP contribution in [0.4, 0.5) is 0 Å². The van der Waals surface area contributed by atoms with E-state index in [-0.39, 0.29) is 11.5 Å². The minimum absolute atomic E-state index is 0.0955. The Hall–Kier alpha value is -1.10. The Morgan fingerprint density at radius 3 is 3.00 bits per heavy atom. The Labute approximate surface area is 102 Å². The summed E-state index contributed by atoms with van der Waals surface area (Å²) in [5.74, 6) is -0.0955. The van der Waals surface area contributed by atoms with Gasteiger partial charge in [-0.05, 0) is 18.9 Å². The third-order valence-corrected chi connectivity index (χ3v) is 3.40. The van der Waals surface area contributed by atoms with Crippen LogP contribution in [0.5, 0.6) is 0 Å². The number of likely N-dealkylation sites (tertiary alicyclic amines) is 1. The quantitative estimate of drug-likeness (QED) is 0.792. The molecular formula is C11H13BrN2O2. The number of alkyl halides is 1. The van der Waals surface area contributed by atoms with Crippen molar-refractivity contribution in [2.75, 3.05) is 13.1 Å². The van der Waals surface area contributed by atoms with Gasteiger partial charge in [-0.15, -0.1) is 0 Å². The van der Waals surface area contributed by atoms with Crippen molar-refractivity contribution < 1.29 is 4.79 Å². The average Bonchev–Trinajstić information content (AvgIpc) is 2.28. The highest BCUT2D eigenvalue weighted by atomic mass is 79.9. The molecule has 16 heavy (non-hydrogen) atoms. The largest absolute Gasteiger partial charge is 0.336 e. The van der Waals surface area contributed by atoms with Crippen LogP contribution in [0.15, 0.2) is 23.0 Å². The van der Waals surface area contributed by atoms with E-state index in [9.17, 15) is 9.59 Å². The first-order valence-electron chi connectivity index (χ1n) is 5.29. The van der Waals surface area contributed by atoms with Crippen LogP contribution in [0.25, 0.3) is 0 Å². The van der Waals surface area contributed by atoms with Gasteiger partial charge in [0.25, 0.3) is 5.91 Å². The van der Waals surface area contributed by atoms with Crippen LogP contribution < -0.4 is 5.56 Å². The van der Waals surface area contributed by atoms with E-state index in [0.717, 1.165) is 19.4 Å². The van der Waals surface area contributed by atoms with Crippen LogP contribution in [-0.4, -0.2) is 33.7 Å². The van der Waals surface area contributed by atoms with Crippen molar-refractivity contribution in [2.24, 2.45) is 0 Å². The highest BCUT2D eigenvalue weighted by Gasteiger charge is 2.23. The zero-order chi connectivity index (χ0) is 11.5. The van der Waals surface area contributed by atoms with Gasteiger partial charge in [0.15, 0.2) is 0 Å². The highest BCUT2D eigenvalue weighted by molar-refractivity contribution is 9.09. The summed E-state index contributed by atoms with van der Waals surface area (Å²) in [6, 6.07) is 4.64. The summed E-state index contributed by atoms with van der Waals surface area (Å²) in [7, 11) is 0. The molecule has 0 saturated carbocycles. The molecular weight excluding hydrogens is 272 g/mol. The molecule has 1 aromatic heterocycles. The summed E-state index contributed by atoms with van der Waals surface area (Å²) in [6.45, 7) is 1.47. The minimum atomic E-state index is -0.238. The van der Waals surface area contributed by atoms with Gasteiger partial charge in [0, 0.05) is 24.0 Å². The topological polar surface area (TPSA) is 53.2 Å². The van der Waals surface area contributed by atoms with Crippen LogP contribution in [0.1, 0.15) is 23.3 Å². The van der Waals surface area contributed by atoms with Crippen molar-refractivity contribution in [3.8, 4) is 0 Å². The van der Waals surface area contributed by atoms with Gasteiger partial charge in [0.05, 0.1) is 0 Å². The second-order valence-electron chi connectivity index (χ2n) is 3.92. The van der Waals surface area contributed by atoms with Crippen LogP contribution >= 0.6 is 15.9 Å². The fourth-order valence-corrected chi connectivity index (χ4v) is 2.53. The number of piperidine rings is 1. The van der Waals surface area contributed by atoms with Gasteiger partial charge in [-0.3, -0.25) is 9.59 Å². The van der Waals surface area contributed by atoms with Gasteiger partial charge in [0.1, 0.15) is 5.69 Å². The highest BCUT2D eigenvalue weighted by Crippen LogP contribution is 2.17. The van der Waals surface area contributed by atoms with E-state index < -0.39 is 0 Å². The number of H-pyrrole nitrogens is 1. The molecule has 1 fully saturated rings. The lowest BCUT2D eigenvalue weighted by atomic mass is 10.1. The summed E-state index contributed by atoms with van der Waals surface area (Å²) in [5.41, 5.74) is 0.132. The Bertz CT molecular complexity index is 444. The predicted molar refractivity (Wildman–Crippen MR) is 64.9 cm³/mol.